The zero-order valence-corrected chi connectivity index (χ0v) is 13.2. The molecule has 0 unspecified atom stereocenters. The quantitative estimate of drug-likeness (QED) is 0.739. The Labute approximate surface area is 130 Å². The van der Waals surface area contributed by atoms with Crippen LogP contribution in [-0.4, -0.2) is 11.5 Å². The van der Waals surface area contributed by atoms with Gasteiger partial charge in [0.1, 0.15) is 5.82 Å². The van der Waals surface area contributed by atoms with Crippen LogP contribution in [0.15, 0.2) is 46.3 Å². The molecule has 102 valence electrons. The number of pyridine rings is 1. The van der Waals surface area contributed by atoms with E-state index in [-0.39, 0.29) is 0 Å². The lowest BCUT2D eigenvalue weighted by Crippen LogP contribution is -2.05. The summed E-state index contributed by atoms with van der Waals surface area (Å²) in [5.41, 5.74) is 7.82. The molecule has 0 aliphatic rings. The van der Waals surface area contributed by atoms with Crippen molar-refractivity contribution in [2.24, 2.45) is 0 Å². The van der Waals surface area contributed by atoms with Crippen molar-refractivity contribution in [2.45, 2.75) is 6.42 Å². The molecule has 5 heteroatoms. The van der Waals surface area contributed by atoms with Gasteiger partial charge in [0.05, 0.1) is 5.52 Å². The summed E-state index contributed by atoms with van der Waals surface area (Å²) >= 11 is 5.24. The summed E-state index contributed by atoms with van der Waals surface area (Å²) < 4.78 is 1.01. The number of rotatable bonds is 4. The molecule has 3 rings (SSSR count). The first-order chi connectivity index (χ1) is 9.72. The Morgan fingerprint density at radius 1 is 1.25 bits per heavy atom. The number of anilines is 2. The topological polar surface area (TPSA) is 50.9 Å². The second-order valence-electron chi connectivity index (χ2n) is 4.51. The highest BCUT2D eigenvalue weighted by Crippen LogP contribution is 2.27. The van der Waals surface area contributed by atoms with Gasteiger partial charge in [0.2, 0.25) is 0 Å². The van der Waals surface area contributed by atoms with E-state index in [0.29, 0.717) is 5.82 Å². The number of halogens is 1. The van der Waals surface area contributed by atoms with Crippen molar-refractivity contribution in [1.82, 2.24) is 4.98 Å². The summed E-state index contributed by atoms with van der Waals surface area (Å²) in [5, 5.41) is 6.65. The number of nitrogens with one attached hydrogen (secondary N) is 1. The second-order valence-corrected chi connectivity index (χ2v) is 6.46. The van der Waals surface area contributed by atoms with E-state index >= 15 is 0 Å². The molecular weight excluding hydrogens is 334 g/mol. The lowest BCUT2D eigenvalue weighted by atomic mass is 10.2. The van der Waals surface area contributed by atoms with Gasteiger partial charge >= 0.3 is 0 Å². The van der Waals surface area contributed by atoms with Crippen LogP contribution in [0.2, 0.25) is 0 Å². The van der Waals surface area contributed by atoms with Crippen molar-refractivity contribution in [3.63, 3.8) is 0 Å². The standard InChI is InChI=1S/C15H14BrN3S/c16-10-3-4-12-13(9-15(17)19-14(12)8-10)18-6-5-11-2-1-7-20-11/h1-4,7-9H,5-6H2,(H3,17,18,19). The van der Waals surface area contributed by atoms with Crippen molar-refractivity contribution in [3.8, 4) is 0 Å². The van der Waals surface area contributed by atoms with E-state index in [9.17, 15) is 0 Å². The fourth-order valence-electron chi connectivity index (χ4n) is 2.14. The molecule has 0 saturated heterocycles. The van der Waals surface area contributed by atoms with Gasteiger partial charge in [0.15, 0.2) is 0 Å². The first kappa shape index (κ1) is 13.4. The summed E-state index contributed by atoms with van der Waals surface area (Å²) in [6, 6.07) is 12.2. The van der Waals surface area contributed by atoms with E-state index < -0.39 is 0 Å². The predicted molar refractivity (Wildman–Crippen MR) is 90.4 cm³/mol. The van der Waals surface area contributed by atoms with Crippen molar-refractivity contribution in [1.29, 1.82) is 0 Å². The number of hydrogen-bond donors (Lipinski definition) is 2. The Morgan fingerprint density at radius 2 is 2.15 bits per heavy atom. The number of thiophene rings is 1. The highest BCUT2D eigenvalue weighted by atomic mass is 79.9. The molecule has 1 aromatic carbocycles. The first-order valence-corrected chi connectivity index (χ1v) is 8.02. The second kappa shape index (κ2) is 5.81. The number of nitrogens with two attached hydrogens (primary N) is 1. The third-order valence-corrected chi connectivity index (χ3v) is 4.49. The number of fused-ring (bicyclic) bond motifs is 1. The molecule has 3 nitrogen and oxygen atoms in total. The Balaban J connectivity index is 1.83. The Bertz CT molecular complexity index is 720. The fraction of sp³-hybridized carbons (Fsp3) is 0.133. The number of hydrogen-bond acceptors (Lipinski definition) is 4. The third-order valence-electron chi connectivity index (χ3n) is 3.06. The summed E-state index contributed by atoms with van der Waals surface area (Å²) in [6.07, 6.45) is 1.01. The number of aromatic nitrogens is 1. The van der Waals surface area contributed by atoms with E-state index in [0.717, 1.165) is 34.0 Å². The van der Waals surface area contributed by atoms with Gasteiger partial charge in [-0.3, -0.25) is 0 Å². The maximum atomic E-state index is 5.88. The molecule has 0 spiro atoms. The molecule has 3 aromatic rings. The van der Waals surface area contributed by atoms with Crippen LogP contribution in [0.1, 0.15) is 4.88 Å². The molecule has 3 N–H and O–H groups in total. The monoisotopic (exact) mass is 347 g/mol. The molecule has 0 fully saturated rings. The Morgan fingerprint density at radius 3 is 2.95 bits per heavy atom. The molecule has 0 aliphatic heterocycles. The smallest absolute Gasteiger partial charge is 0.126 e. The van der Waals surface area contributed by atoms with Crippen LogP contribution in [0.5, 0.6) is 0 Å². The van der Waals surface area contributed by atoms with Crippen LogP contribution in [0, 0.1) is 0 Å². The Hall–Kier alpha value is -1.59. The van der Waals surface area contributed by atoms with E-state index in [2.05, 4.69) is 49.8 Å². The molecule has 2 heterocycles. The summed E-state index contributed by atoms with van der Waals surface area (Å²) in [7, 11) is 0. The number of benzene rings is 1. The van der Waals surface area contributed by atoms with Crippen LogP contribution >= 0.6 is 27.3 Å². The molecule has 2 aromatic heterocycles. The molecule has 0 saturated carbocycles. The van der Waals surface area contributed by atoms with Crippen molar-refractivity contribution in [2.75, 3.05) is 17.6 Å². The average Bonchev–Trinajstić information content (AvgIpc) is 2.91. The van der Waals surface area contributed by atoms with Crippen LogP contribution in [0.4, 0.5) is 11.5 Å². The van der Waals surface area contributed by atoms with Crippen molar-refractivity contribution < 1.29 is 0 Å². The Kier molecular flexibility index (Phi) is 3.89. The van der Waals surface area contributed by atoms with Crippen molar-refractivity contribution >= 4 is 49.7 Å². The van der Waals surface area contributed by atoms with Gasteiger partial charge in [-0.15, -0.1) is 11.3 Å². The molecule has 0 amide bonds. The highest BCUT2D eigenvalue weighted by Gasteiger charge is 2.05. The maximum Gasteiger partial charge on any atom is 0.126 e. The third kappa shape index (κ3) is 2.94. The van der Waals surface area contributed by atoms with E-state index in [1.165, 1.54) is 4.88 Å². The van der Waals surface area contributed by atoms with Gasteiger partial charge in [-0.2, -0.15) is 0 Å². The van der Waals surface area contributed by atoms with Gasteiger partial charge in [-0.25, -0.2) is 4.98 Å². The van der Waals surface area contributed by atoms with Gasteiger partial charge in [-0.05, 0) is 36.1 Å². The zero-order valence-electron chi connectivity index (χ0n) is 10.8. The van der Waals surface area contributed by atoms with Gasteiger partial charge in [0.25, 0.3) is 0 Å². The normalized spacial score (nSPS) is 10.8. The first-order valence-electron chi connectivity index (χ1n) is 6.34. The van der Waals surface area contributed by atoms with Gasteiger partial charge in [-0.1, -0.05) is 22.0 Å². The van der Waals surface area contributed by atoms with Gasteiger partial charge < -0.3 is 11.1 Å². The largest absolute Gasteiger partial charge is 0.384 e. The van der Waals surface area contributed by atoms with E-state index in [1.54, 1.807) is 11.3 Å². The molecule has 0 atom stereocenters. The molecule has 0 aliphatic carbocycles. The average molecular weight is 348 g/mol. The lowest BCUT2D eigenvalue weighted by Gasteiger charge is -2.10. The van der Waals surface area contributed by atoms with Gasteiger partial charge in [0, 0.05) is 33.0 Å². The van der Waals surface area contributed by atoms with Crippen molar-refractivity contribution in [3.05, 3.63) is 51.1 Å². The minimum atomic E-state index is 0.536. The summed E-state index contributed by atoms with van der Waals surface area (Å²) in [4.78, 5) is 5.75. The SMILES string of the molecule is Nc1cc(NCCc2cccs2)c2ccc(Br)cc2n1. The van der Waals surface area contributed by atoms with E-state index in [1.807, 2.05) is 18.2 Å². The zero-order chi connectivity index (χ0) is 13.9. The maximum absolute atomic E-state index is 5.88. The lowest BCUT2D eigenvalue weighted by molar-refractivity contribution is 1.05. The number of nitrogens with zero attached hydrogens (tertiary/aromatic N) is 1. The van der Waals surface area contributed by atoms with Crippen LogP contribution in [0.3, 0.4) is 0 Å². The minimum absolute atomic E-state index is 0.536. The molecular formula is C15H14BrN3S. The van der Waals surface area contributed by atoms with Crippen LogP contribution < -0.4 is 11.1 Å². The van der Waals surface area contributed by atoms with Crippen LogP contribution in [0.25, 0.3) is 10.9 Å². The van der Waals surface area contributed by atoms with E-state index in [4.69, 9.17) is 5.73 Å². The highest BCUT2D eigenvalue weighted by molar-refractivity contribution is 9.10. The van der Waals surface area contributed by atoms with Crippen LogP contribution in [-0.2, 0) is 6.42 Å². The molecule has 20 heavy (non-hydrogen) atoms. The fourth-order valence-corrected chi connectivity index (χ4v) is 3.20. The molecule has 0 bridgehead atoms. The molecule has 0 radical (unpaired) electrons. The predicted octanol–water partition coefficient (Wildman–Crippen LogP) is 4.30. The summed E-state index contributed by atoms with van der Waals surface area (Å²) in [6.45, 7) is 0.884. The number of nitrogen functional groups attached to an aromatic ring is 1. The minimum Gasteiger partial charge on any atom is -0.384 e. The summed E-state index contributed by atoms with van der Waals surface area (Å²) in [5.74, 6) is 0.536.